The molecule has 8 heteroatoms. The molecule has 6 N–H and O–H groups in total. The van der Waals surface area contributed by atoms with Crippen LogP contribution in [0.2, 0.25) is 0 Å². The lowest BCUT2D eigenvalue weighted by atomic mass is 9.81. The third-order valence-corrected chi connectivity index (χ3v) is 6.00. The number of nitrogens with two attached hydrogens (primary N) is 2. The van der Waals surface area contributed by atoms with Crippen molar-refractivity contribution in [3.05, 3.63) is 42.5 Å². The molecular weight excluding hydrogens is 368 g/mol. The summed E-state index contributed by atoms with van der Waals surface area (Å²) in [5.74, 6) is 0.524. The van der Waals surface area contributed by atoms with E-state index in [2.05, 4.69) is 9.97 Å². The number of H-pyrrole nitrogens is 1. The van der Waals surface area contributed by atoms with E-state index in [1.54, 1.807) is 6.20 Å². The minimum Gasteiger partial charge on any atom is -0.481 e. The maximum atomic E-state index is 11.3. The summed E-state index contributed by atoms with van der Waals surface area (Å²) >= 11 is 0. The number of aromatic nitrogens is 4. The molecule has 3 aromatic heterocycles. The molecule has 1 saturated carbocycles. The van der Waals surface area contributed by atoms with E-state index in [4.69, 9.17) is 16.5 Å². The van der Waals surface area contributed by atoms with E-state index >= 15 is 0 Å². The van der Waals surface area contributed by atoms with E-state index in [0.717, 1.165) is 46.5 Å². The van der Waals surface area contributed by atoms with E-state index in [-0.39, 0.29) is 11.8 Å². The van der Waals surface area contributed by atoms with Crippen molar-refractivity contribution in [2.45, 2.75) is 31.6 Å². The highest BCUT2D eigenvalue weighted by Crippen LogP contribution is 2.39. The number of carbonyl (C=O) groups is 1. The maximum absolute atomic E-state index is 11.3. The number of carboxylic acid groups (broad SMARTS) is 1. The van der Waals surface area contributed by atoms with Crippen LogP contribution in [0.4, 0.5) is 11.5 Å². The molecule has 148 valence electrons. The number of nitrogens with zero attached hydrogens (tertiary/aromatic N) is 3. The third-order valence-electron chi connectivity index (χ3n) is 6.00. The zero-order valence-corrected chi connectivity index (χ0v) is 15.8. The molecule has 1 aromatic carbocycles. The highest BCUT2D eigenvalue weighted by Gasteiger charge is 2.30. The molecule has 4 aromatic rings. The van der Waals surface area contributed by atoms with Gasteiger partial charge in [0.1, 0.15) is 22.9 Å². The first kappa shape index (κ1) is 17.5. The number of aliphatic carboxylic acids is 1. The number of carboxylic acids is 1. The van der Waals surface area contributed by atoms with Gasteiger partial charge in [-0.1, -0.05) is 12.1 Å². The van der Waals surface area contributed by atoms with Gasteiger partial charge in [-0.3, -0.25) is 9.20 Å². The second-order valence-electron chi connectivity index (χ2n) is 7.73. The molecular formula is C21H22N6O2. The molecule has 1 aliphatic rings. The lowest BCUT2D eigenvalue weighted by Gasteiger charge is -2.25. The summed E-state index contributed by atoms with van der Waals surface area (Å²) in [7, 11) is 0. The van der Waals surface area contributed by atoms with Gasteiger partial charge in [0, 0.05) is 23.7 Å². The number of imidazole rings is 1. The first-order chi connectivity index (χ1) is 14.0. The number of nitrogens with one attached hydrogen (secondary N) is 1. The van der Waals surface area contributed by atoms with Gasteiger partial charge in [0.05, 0.1) is 22.8 Å². The number of hydrogen-bond acceptors (Lipinski definition) is 5. The first-order valence-corrected chi connectivity index (χ1v) is 9.75. The van der Waals surface area contributed by atoms with E-state index in [1.165, 1.54) is 0 Å². The monoisotopic (exact) mass is 390 g/mol. The maximum Gasteiger partial charge on any atom is 0.306 e. The van der Waals surface area contributed by atoms with Gasteiger partial charge < -0.3 is 21.6 Å². The Morgan fingerprint density at radius 3 is 2.72 bits per heavy atom. The number of aromatic amines is 1. The summed E-state index contributed by atoms with van der Waals surface area (Å²) in [6, 6.07) is 7.80. The molecule has 1 aliphatic carbocycles. The number of fused-ring (bicyclic) bond motifs is 2. The second-order valence-corrected chi connectivity index (χ2v) is 7.73. The zero-order chi connectivity index (χ0) is 20.1. The van der Waals surface area contributed by atoms with Gasteiger partial charge in [-0.05, 0) is 37.8 Å². The molecule has 1 fully saturated rings. The predicted molar refractivity (Wildman–Crippen MR) is 111 cm³/mol. The first-order valence-electron chi connectivity index (χ1n) is 9.75. The molecule has 0 bridgehead atoms. The molecule has 8 nitrogen and oxygen atoms in total. The van der Waals surface area contributed by atoms with E-state index in [1.807, 2.05) is 34.9 Å². The largest absolute Gasteiger partial charge is 0.481 e. The average Bonchev–Trinajstić information content (AvgIpc) is 3.31. The Bertz CT molecular complexity index is 1230. The summed E-state index contributed by atoms with van der Waals surface area (Å²) in [4.78, 5) is 23.9. The van der Waals surface area contributed by atoms with Crippen LogP contribution in [0.25, 0.3) is 27.8 Å². The Morgan fingerprint density at radius 1 is 1.21 bits per heavy atom. The summed E-state index contributed by atoms with van der Waals surface area (Å²) in [5.41, 5.74) is 16.2. The van der Waals surface area contributed by atoms with Gasteiger partial charge in [0.25, 0.3) is 0 Å². The minimum absolute atomic E-state index is 0.183. The normalized spacial score (nSPS) is 19.7. The van der Waals surface area contributed by atoms with Gasteiger partial charge in [-0.2, -0.15) is 0 Å². The van der Waals surface area contributed by atoms with Crippen LogP contribution in [0.1, 0.15) is 37.4 Å². The molecule has 0 saturated heterocycles. The minimum atomic E-state index is -0.707. The topological polar surface area (TPSA) is 135 Å². The van der Waals surface area contributed by atoms with Crippen LogP contribution in [0, 0.1) is 5.92 Å². The van der Waals surface area contributed by atoms with E-state index in [9.17, 15) is 9.90 Å². The summed E-state index contributed by atoms with van der Waals surface area (Å²) < 4.78 is 2.00. The highest BCUT2D eigenvalue weighted by molar-refractivity contribution is 5.96. The van der Waals surface area contributed by atoms with Crippen LogP contribution in [0.5, 0.6) is 0 Å². The zero-order valence-electron chi connectivity index (χ0n) is 15.8. The van der Waals surface area contributed by atoms with Crippen LogP contribution >= 0.6 is 0 Å². The summed E-state index contributed by atoms with van der Waals surface area (Å²) in [6.07, 6.45) is 6.44. The van der Waals surface area contributed by atoms with Gasteiger partial charge in [-0.25, -0.2) is 9.97 Å². The summed E-state index contributed by atoms with van der Waals surface area (Å²) in [6.45, 7) is 0. The van der Waals surface area contributed by atoms with Crippen molar-refractivity contribution in [2.24, 2.45) is 5.92 Å². The Balaban J connectivity index is 1.63. The number of rotatable bonds is 3. The summed E-state index contributed by atoms with van der Waals surface area (Å²) in [5, 5.41) is 10.3. The smallest absolute Gasteiger partial charge is 0.306 e. The fourth-order valence-electron chi connectivity index (χ4n) is 4.47. The SMILES string of the molecule is Nc1cccc2cc(-c3nc(C4CCC(C(=O)O)CC4)n4ccnc(N)c34)[nH]c12. The van der Waals surface area contributed by atoms with Gasteiger partial charge in [-0.15, -0.1) is 0 Å². The van der Waals surface area contributed by atoms with E-state index in [0.29, 0.717) is 24.3 Å². The number of hydrogen-bond donors (Lipinski definition) is 4. The Hall–Kier alpha value is -3.55. The predicted octanol–water partition coefficient (Wildman–Crippen LogP) is 3.40. The number of para-hydroxylation sites is 1. The molecule has 0 spiro atoms. The van der Waals surface area contributed by atoms with Crippen molar-refractivity contribution in [3.63, 3.8) is 0 Å². The molecule has 0 unspecified atom stereocenters. The molecule has 29 heavy (non-hydrogen) atoms. The molecule has 0 atom stereocenters. The standard InChI is InChI=1S/C21H22N6O2/c22-14-3-1-2-13-10-15(25-16(13)14)17-18-19(23)24-8-9-27(18)20(26-17)11-4-6-12(7-5-11)21(28)29/h1-3,8-12,25H,4-7,22H2,(H2,23,24)(H,28,29). The number of anilines is 2. The Morgan fingerprint density at radius 2 is 2.00 bits per heavy atom. The van der Waals surface area contributed by atoms with E-state index < -0.39 is 5.97 Å². The lowest BCUT2D eigenvalue weighted by molar-refractivity contribution is -0.142. The van der Waals surface area contributed by atoms with Crippen LogP contribution in [-0.4, -0.2) is 30.4 Å². The van der Waals surface area contributed by atoms with Crippen molar-refractivity contribution in [1.82, 2.24) is 19.4 Å². The molecule has 0 amide bonds. The lowest BCUT2D eigenvalue weighted by Crippen LogP contribution is -2.21. The van der Waals surface area contributed by atoms with Crippen LogP contribution < -0.4 is 11.5 Å². The molecule has 3 heterocycles. The fraction of sp³-hybridized carbons (Fsp3) is 0.286. The van der Waals surface area contributed by atoms with Gasteiger partial charge in [0.15, 0.2) is 0 Å². The highest BCUT2D eigenvalue weighted by atomic mass is 16.4. The average molecular weight is 390 g/mol. The quantitative estimate of drug-likeness (QED) is 0.396. The molecule has 5 rings (SSSR count). The van der Waals surface area contributed by atoms with Crippen molar-refractivity contribution in [3.8, 4) is 11.4 Å². The second kappa shape index (κ2) is 6.51. The Labute approximate surface area is 166 Å². The fourth-order valence-corrected chi connectivity index (χ4v) is 4.47. The van der Waals surface area contributed by atoms with Gasteiger partial charge >= 0.3 is 5.97 Å². The Kier molecular flexibility index (Phi) is 3.94. The third kappa shape index (κ3) is 2.79. The van der Waals surface area contributed by atoms with Crippen molar-refractivity contribution >= 4 is 33.9 Å². The van der Waals surface area contributed by atoms with Crippen LogP contribution in [-0.2, 0) is 4.79 Å². The van der Waals surface area contributed by atoms with Gasteiger partial charge in [0.2, 0.25) is 0 Å². The molecule has 0 radical (unpaired) electrons. The van der Waals surface area contributed by atoms with Crippen molar-refractivity contribution in [1.29, 1.82) is 0 Å². The number of nitrogen functional groups attached to an aromatic ring is 2. The van der Waals surface area contributed by atoms with Crippen molar-refractivity contribution < 1.29 is 9.90 Å². The number of benzene rings is 1. The van der Waals surface area contributed by atoms with Crippen LogP contribution in [0.15, 0.2) is 36.7 Å². The van der Waals surface area contributed by atoms with Crippen molar-refractivity contribution in [2.75, 3.05) is 11.5 Å². The molecule has 0 aliphatic heterocycles. The van der Waals surface area contributed by atoms with Crippen LogP contribution in [0.3, 0.4) is 0 Å².